The van der Waals surface area contributed by atoms with E-state index in [1.807, 2.05) is 37.4 Å². The Morgan fingerprint density at radius 2 is 1.92 bits per heavy atom. The Balaban J connectivity index is 2.06. The van der Waals surface area contributed by atoms with E-state index in [1.165, 1.54) is 0 Å². The average Bonchev–Trinajstić information content (AvgIpc) is 2.55. The Morgan fingerprint density at radius 1 is 1.31 bits per heavy atom. The second-order valence-electron chi connectivity index (χ2n) is 3.44. The number of thioether (sulfide) groups is 1. The molecule has 1 unspecified atom stereocenters. The van der Waals surface area contributed by atoms with Gasteiger partial charge in [-0.15, -0.1) is 0 Å². The first-order valence-corrected chi connectivity index (χ1v) is 5.76. The van der Waals surface area contributed by atoms with E-state index in [0.717, 1.165) is 18.1 Å². The van der Waals surface area contributed by atoms with E-state index in [2.05, 4.69) is 13.8 Å². The minimum absolute atomic E-state index is 0.277. The van der Waals surface area contributed by atoms with Gasteiger partial charge >= 0.3 is 0 Å². The number of rotatable bonds is 5. The van der Waals surface area contributed by atoms with Crippen molar-refractivity contribution in [2.75, 3.05) is 5.75 Å². The minimum atomic E-state index is -0.277. The third-order valence-electron chi connectivity index (χ3n) is 1.92. The first-order valence-electron chi connectivity index (χ1n) is 4.71. The molecule has 1 atom stereocenters. The summed E-state index contributed by atoms with van der Waals surface area (Å²) in [7, 11) is 0. The molecule has 0 bridgehead atoms. The molecule has 0 heterocycles. The van der Waals surface area contributed by atoms with Gasteiger partial charge in [0.25, 0.3) is 0 Å². The highest BCUT2D eigenvalue weighted by Crippen LogP contribution is 2.28. The lowest BCUT2D eigenvalue weighted by Crippen LogP contribution is -2.17. The van der Waals surface area contributed by atoms with Gasteiger partial charge in [0.2, 0.25) is 0 Å². The second-order valence-corrected chi connectivity index (χ2v) is 5.13. The Hall–Kier alpha value is 0.310. The molecule has 2 heteroatoms. The van der Waals surface area contributed by atoms with E-state index in [-0.39, 0.29) is 6.10 Å². The molecule has 0 aromatic heterocycles. The number of hydrogen-bond donors (Lipinski definition) is 1. The van der Waals surface area contributed by atoms with Gasteiger partial charge < -0.3 is 5.11 Å². The van der Waals surface area contributed by atoms with E-state index in [0.29, 0.717) is 5.25 Å². The van der Waals surface area contributed by atoms with Crippen LogP contribution in [0.1, 0.15) is 20.3 Å². The first kappa shape index (κ1) is 11.4. The summed E-state index contributed by atoms with van der Waals surface area (Å²) in [5, 5.41) is 10.4. The maximum Gasteiger partial charge on any atom is 0.0616 e. The molecule has 1 nitrogen and oxygen atoms in total. The van der Waals surface area contributed by atoms with Crippen LogP contribution < -0.4 is 0 Å². The molecule has 1 rings (SSSR count). The second kappa shape index (κ2) is 5.92. The zero-order valence-electron chi connectivity index (χ0n) is 8.23. The van der Waals surface area contributed by atoms with Crippen LogP contribution in [-0.2, 0) is 0 Å². The molecule has 0 saturated heterocycles. The predicted molar refractivity (Wildman–Crippen MR) is 58.7 cm³/mol. The van der Waals surface area contributed by atoms with Crippen molar-refractivity contribution in [3.63, 3.8) is 0 Å². The molecular formula is C11H17OS. The SMILES string of the molecule is CC(C)SCCC(O)[C]1[CH][CH][CH][CH]1. The summed E-state index contributed by atoms with van der Waals surface area (Å²) in [6.45, 7) is 4.36. The predicted octanol–water partition coefficient (Wildman–Crippen LogP) is 2.28. The molecule has 1 aliphatic rings. The van der Waals surface area contributed by atoms with Crippen molar-refractivity contribution in [2.45, 2.75) is 31.6 Å². The van der Waals surface area contributed by atoms with Crippen molar-refractivity contribution in [2.24, 2.45) is 0 Å². The lowest BCUT2D eigenvalue weighted by Gasteiger charge is -2.16. The standard InChI is InChI=1S/C11H17OS/c1-9(2)13-8-7-11(12)10-5-3-4-6-10/h3-6,9,11-12H,7-8H2,1-2H3. The highest BCUT2D eigenvalue weighted by molar-refractivity contribution is 7.99. The third kappa shape index (κ3) is 4.37. The third-order valence-corrected chi connectivity index (χ3v) is 3.05. The largest absolute Gasteiger partial charge is 0.392 e. The Bertz CT molecular complexity index is 130. The summed E-state index contributed by atoms with van der Waals surface area (Å²) in [4.78, 5) is 0. The van der Waals surface area contributed by atoms with Crippen LogP contribution in [0.2, 0.25) is 0 Å². The molecule has 0 aromatic rings. The molecule has 1 saturated carbocycles. The molecule has 73 valence electrons. The minimum Gasteiger partial charge on any atom is -0.392 e. The van der Waals surface area contributed by atoms with Crippen LogP contribution in [0.4, 0.5) is 0 Å². The van der Waals surface area contributed by atoms with Crippen molar-refractivity contribution in [3.8, 4) is 0 Å². The Kier molecular flexibility index (Phi) is 5.18. The zero-order chi connectivity index (χ0) is 9.68. The summed E-state index contributed by atoms with van der Waals surface area (Å²) >= 11 is 1.90. The van der Waals surface area contributed by atoms with E-state index in [4.69, 9.17) is 0 Å². The van der Waals surface area contributed by atoms with Gasteiger partial charge in [0.05, 0.1) is 6.10 Å². The van der Waals surface area contributed by atoms with E-state index >= 15 is 0 Å². The van der Waals surface area contributed by atoms with Gasteiger partial charge in [0.1, 0.15) is 0 Å². The molecule has 0 amide bonds. The molecule has 1 aliphatic carbocycles. The van der Waals surface area contributed by atoms with Crippen LogP contribution in [0.25, 0.3) is 0 Å². The first-order chi connectivity index (χ1) is 6.20. The maximum atomic E-state index is 9.71. The van der Waals surface area contributed by atoms with Crippen LogP contribution in [0.3, 0.4) is 0 Å². The molecule has 0 aliphatic heterocycles. The monoisotopic (exact) mass is 197 g/mol. The van der Waals surface area contributed by atoms with Gasteiger partial charge in [0, 0.05) is 5.92 Å². The quantitative estimate of drug-likeness (QED) is 0.729. The van der Waals surface area contributed by atoms with Crippen LogP contribution in [-0.4, -0.2) is 22.2 Å². The Labute approximate surface area is 86.3 Å². The van der Waals surface area contributed by atoms with Crippen LogP contribution in [0, 0.1) is 31.6 Å². The topological polar surface area (TPSA) is 20.2 Å². The highest BCUT2D eigenvalue weighted by atomic mass is 32.2. The Morgan fingerprint density at radius 3 is 2.46 bits per heavy atom. The molecule has 0 spiro atoms. The lowest BCUT2D eigenvalue weighted by molar-refractivity contribution is 0.193. The molecule has 13 heavy (non-hydrogen) atoms. The summed E-state index contributed by atoms with van der Waals surface area (Å²) in [5.74, 6) is 2.08. The van der Waals surface area contributed by atoms with Gasteiger partial charge in [-0.1, -0.05) is 13.8 Å². The van der Waals surface area contributed by atoms with Gasteiger partial charge in [0.15, 0.2) is 0 Å². The maximum absolute atomic E-state index is 9.71. The van der Waals surface area contributed by atoms with Crippen molar-refractivity contribution in [3.05, 3.63) is 31.6 Å². The smallest absolute Gasteiger partial charge is 0.0616 e. The van der Waals surface area contributed by atoms with Crippen molar-refractivity contribution >= 4 is 11.8 Å². The molecule has 1 N–H and O–H groups in total. The van der Waals surface area contributed by atoms with Gasteiger partial charge in [-0.25, -0.2) is 0 Å². The van der Waals surface area contributed by atoms with Gasteiger partial charge in [-0.2, -0.15) is 11.8 Å². The van der Waals surface area contributed by atoms with Crippen LogP contribution >= 0.6 is 11.8 Å². The number of hydrogen-bond acceptors (Lipinski definition) is 2. The molecule has 1 fully saturated rings. The molecule has 0 aromatic carbocycles. The summed E-state index contributed by atoms with van der Waals surface area (Å²) < 4.78 is 0. The fourth-order valence-corrected chi connectivity index (χ4v) is 2.02. The fourth-order valence-electron chi connectivity index (χ4n) is 1.19. The van der Waals surface area contributed by atoms with Crippen molar-refractivity contribution in [1.82, 2.24) is 0 Å². The fraction of sp³-hybridized carbons (Fsp3) is 0.545. The van der Waals surface area contributed by atoms with Crippen LogP contribution in [0.5, 0.6) is 0 Å². The highest BCUT2D eigenvalue weighted by Gasteiger charge is 2.24. The van der Waals surface area contributed by atoms with Crippen LogP contribution in [0.15, 0.2) is 0 Å². The van der Waals surface area contributed by atoms with Crippen molar-refractivity contribution < 1.29 is 5.11 Å². The molecule has 5 radical (unpaired) electrons. The number of aliphatic hydroxyl groups excluding tert-OH is 1. The normalized spacial score (nSPS) is 21.2. The van der Waals surface area contributed by atoms with E-state index in [9.17, 15) is 5.11 Å². The van der Waals surface area contributed by atoms with Crippen molar-refractivity contribution in [1.29, 1.82) is 0 Å². The average molecular weight is 197 g/mol. The summed E-state index contributed by atoms with van der Waals surface area (Å²) in [6, 6.07) is 0. The van der Waals surface area contributed by atoms with Gasteiger partial charge in [-0.05, 0) is 43.1 Å². The number of aliphatic hydroxyl groups is 1. The van der Waals surface area contributed by atoms with Gasteiger partial charge in [-0.3, -0.25) is 0 Å². The summed E-state index contributed by atoms with van der Waals surface area (Å²) in [5.41, 5.74) is 0. The lowest BCUT2D eigenvalue weighted by atomic mass is 9.99. The molecular weight excluding hydrogens is 180 g/mol. The van der Waals surface area contributed by atoms with E-state index < -0.39 is 0 Å². The zero-order valence-corrected chi connectivity index (χ0v) is 9.05. The van der Waals surface area contributed by atoms with E-state index in [1.54, 1.807) is 0 Å². The summed E-state index contributed by atoms with van der Waals surface area (Å²) in [6.07, 6.45) is 8.46.